The van der Waals surface area contributed by atoms with Gasteiger partial charge in [0.25, 0.3) is 0 Å². The summed E-state index contributed by atoms with van der Waals surface area (Å²) in [5, 5.41) is 6.08. The van der Waals surface area contributed by atoms with Crippen LogP contribution in [0.4, 0.5) is 0 Å². The van der Waals surface area contributed by atoms with Crippen molar-refractivity contribution < 1.29 is 9.53 Å². The van der Waals surface area contributed by atoms with Crippen LogP contribution in [0.5, 0.6) is 5.75 Å². The number of amides is 1. The summed E-state index contributed by atoms with van der Waals surface area (Å²) in [4.78, 5) is 17.6. The first-order valence-corrected chi connectivity index (χ1v) is 7.03. The van der Waals surface area contributed by atoms with Gasteiger partial charge in [0, 0.05) is 20.6 Å². The SMILES string of the molecule is C=CCNC(=NCc1cccc(OC)c1)NCC(=O)N(C)C.I. The molecular formula is C16H25IN4O2. The average molecular weight is 432 g/mol. The van der Waals surface area contributed by atoms with Gasteiger partial charge < -0.3 is 20.3 Å². The number of carbonyl (C=O) groups is 1. The lowest BCUT2D eigenvalue weighted by molar-refractivity contribution is -0.127. The second kappa shape index (κ2) is 11.8. The number of rotatable bonds is 7. The molecule has 0 aliphatic rings. The summed E-state index contributed by atoms with van der Waals surface area (Å²) < 4.78 is 5.19. The largest absolute Gasteiger partial charge is 0.497 e. The number of ether oxygens (including phenoxy) is 1. The van der Waals surface area contributed by atoms with E-state index >= 15 is 0 Å². The predicted molar refractivity (Wildman–Crippen MR) is 104 cm³/mol. The fraction of sp³-hybridized carbons (Fsp3) is 0.375. The summed E-state index contributed by atoms with van der Waals surface area (Å²) in [5.41, 5.74) is 1.03. The van der Waals surface area contributed by atoms with Gasteiger partial charge in [-0.15, -0.1) is 30.6 Å². The second-order valence-corrected chi connectivity index (χ2v) is 4.83. The fourth-order valence-electron chi connectivity index (χ4n) is 1.60. The highest BCUT2D eigenvalue weighted by molar-refractivity contribution is 14.0. The van der Waals surface area contributed by atoms with Gasteiger partial charge in [0.05, 0.1) is 20.2 Å². The van der Waals surface area contributed by atoms with Gasteiger partial charge in [-0.25, -0.2) is 4.99 Å². The number of carbonyl (C=O) groups excluding carboxylic acids is 1. The highest BCUT2D eigenvalue weighted by Gasteiger charge is 2.05. The Morgan fingerprint density at radius 1 is 1.39 bits per heavy atom. The second-order valence-electron chi connectivity index (χ2n) is 4.83. The third-order valence-electron chi connectivity index (χ3n) is 2.87. The van der Waals surface area contributed by atoms with Gasteiger partial charge >= 0.3 is 0 Å². The smallest absolute Gasteiger partial charge is 0.241 e. The third kappa shape index (κ3) is 8.44. The molecule has 7 heteroatoms. The zero-order valence-corrected chi connectivity index (χ0v) is 16.2. The topological polar surface area (TPSA) is 66.0 Å². The van der Waals surface area contributed by atoms with Gasteiger partial charge in [-0.05, 0) is 17.7 Å². The molecule has 1 aromatic carbocycles. The Labute approximate surface area is 155 Å². The van der Waals surface area contributed by atoms with E-state index in [1.807, 2.05) is 24.3 Å². The molecule has 0 radical (unpaired) electrons. The summed E-state index contributed by atoms with van der Waals surface area (Å²) >= 11 is 0. The Morgan fingerprint density at radius 2 is 2.13 bits per heavy atom. The number of methoxy groups -OCH3 is 1. The van der Waals surface area contributed by atoms with E-state index in [9.17, 15) is 4.79 Å². The molecule has 1 rings (SSSR count). The maximum atomic E-state index is 11.6. The van der Waals surface area contributed by atoms with Crippen LogP contribution in [0.1, 0.15) is 5.56 Å². The lowest BCUT2D eigenvalue weighted by Crippen LogP contribution is -2.43. The molecule has 0 atom stereocenters. The Bertz CT molecular complexity index is 533. The van der Waals surface area contributed by atoms with Crippen LogP contribution in [-0.4, -0.2) is 51.1 Å². The molecule has 0 aromatic heterocycles. The van der Waals surface area contributed by atoms with Gasteiger partial charge in [-0.1, -0.05) is 18.2 Å². The van der Waals surface area contributed by atoms with Crippen molar-refractivity contribution >= 4 is 35.8 Å². The molecule has 0 bridgehead atoms. The third-order valence-corrected chi connectivity index (χ3v) is 2.87. The van der Waals surface area contributed by atoms with E-state index in [1.54, 1.807) is 27.3 Å². The first kappa shape index (κ1) is 21.2. The summed E-state index contributed by atoms with van der Waals surface area (Å²) in [6.45, 7) is 4.90. The molecule has 0 heterocycles. The predicted octanol–water partition coefficient (Wildman–Crippen LogP) is 1.62. The summed E-state index contributed by atoms with van der Waals surface area (Å²) in [6, 6.07) is 7.71. The number of hydrogen-bond donors (Lipinski definition) is 2. The number of hydrogen-bond acceptors (Lipinski definition) is 3. The van der Waals surface area contributed by atoms with Gasteiger partial charge in [0.1, 0.15) is 5.75 Å². The molecule has 0 aliphatic carbocycles. The maximum absolute atomic E-state index is 11.6. The number of halogens is 1. The van der Waals surface area contributed by atoms with Crippen molar-refractivity contribution in [3.63, 3.8) is 0 Å². The number of nitrogens with zero attached hydrogens (tertiary/aromatic N) is 2. The average Bonchev–Trinajstić information content (AvgIpc) is 2.53. The summed E-state index contributed by atoms with van der Waals surface area (Å²) in [7, 11) is 5.07. The molecule has 0 unspecified atom stereocenters. The summed E-state index contributed by atoms with van der Waals surface area (Å²) in [6.07, 6.45) is 1.73. The van der Waals surface area contributed by atoms with Gasteiger partial charge in [0.2, 0.25) is 5.91 Å². The molecule has 6 nitrogen and oxygen atoms in total. The van der Waals surface area contributed by atoms with E-state index in [4.69, 9.17) is 4.74 Å². The van der Waals surface area contributed by atoms with Crippen LogP contribution in [0.25, 0.3) is 0 Å². The first-order chi connectivity index (χ1) is 10.6. The van der Waals surface area contributed by atoms with Crippen LogP contribution in [0.3, 0.4) is 0 Å². The van der Waals surface area contributed by atoms with Crippen molar-refractivity contribution in [3.05, 3.63) is 42.5 Å². The van der Waals surface area contributed by atoms with E-state index in [0.717, 1.165) is 11.3 Å². The van der Waals surface area contributed by atoms with E-state index in [1.165, 1.54) is 4.90 Å². The molecule has 0 aliphatic heterocycles. The van der Waals surface area contributed by atoms with Crippen molar-refractivity contribution in [3.8, 4) is 5.75 Å². The van der Waals surface area contributed by atoms with Crippen molar-refractivity contribution in [2.24, 2.45) is 4.99 Å². The number of aliphatic imine (C=N–C) groups is 1. The zero-order valence-electron chi connectivity index (χ0n) is 13.8. The minimum atomic E-state index is -0.0190. The van der Waals surface area contributed by atoms with Crippen molar-refractivity contribution in [1.82, 2.24) is 15.5 Å². The van der Waals surface area contributed by atoms with E-state index in [2.05, 4.69) is 22.2 Å². The summed E-state index contributed by atoms with van der Waals surface area (Å²) in [5.74, 6) is 1.34. The monoisotopic (exact) mass is 432 g/mol. The molecule has 2 N–H and O–H groups in total. The van der Waals surface area contributed by atoms with Gasteiger partial charge in [-0.3, -0.25) is 4.79 Å². The number of nitrogens with one attached hydrogen (secondary N) is 2. The van der Waals surface area contributed by atoms with Crippen molar-refractivity contribution in [2.75, 3.05) is 34.3 Å². The molecular weight excluding hydrogens is 407 g/mol. The van der Waals surface area contributed by atoms with Crippen LogP contribution in [0.2, 0.25) is 0 Å². The normalized spacial score (nSPS) is 10.3. The van der Waals surface area contributed by atoms with Crippen LogP contribution in [0.15, 0.2) is 41.9 Å². The standard InChI is InChI=1S/C16H24N4O2.HI/c1-5-9-17-16(19-12-15(21)20(2)3)18-11-13-7-6-8-14(10-13)22-4;/h5-8,10H,1,9,11-12H2,2-4H3,(H2,17,18,19);1H. The Morgan fingerprint density at radius 3 is 2.74 bits per heavy atom. The highest BCUT2D eigenvalue weighted by atomic mass is 127. The molecule has 0 spiro atoms. The van der Waals surface area contributed by atoms with E-state index in [0.29, 0.717) is 19.0 Å². The quantitative estimate of drug-likeness (QED) is 0.298. The molecule has 0 saturated heterocycles. The molecule has 1 aromatic rings. The van der Waals surface area contributed by atoms with Crippen molar-refractivity contribution in [1.29, 1.82) is 0 Å². The van der Waals surface area contributed by atoms with E-state index < -0.39 is 0 Å². The minimum absolute atomic E-state index is 0. The number of guanidine groups is 1. The molecule has 1 amide bonds. The Balaban J connectivity index is 0.00000484. The first-order valence-electron chi connectivity index (χ1n) is 7.03. The molecule has 23 heavy (non-hydrogen) atoms. The molecule has 0 fully saturated rings. The molecule has 128 valence electrons. The van der Waals surface area contributed by atoms with E-state index in [-0.39, 0.29) is 36.4 Å². The van der Waals surface area contributed by atoms with Crippen LogP contribution < -0.4 is 15.4 Å². The lowest BCUT2D eigenvalue weighted by Gasteiger charge is -2.14. The van der Waals surface area contributed by atoms with Gasteiger partial charge in [-0.2, -0.15) is 0 Å². The van der Waals surface area contributed by atoms with Crippen LogP contribution >= 0.6 is 24.0 Å². The van der Waals surface area contributed by atoms with Gasteiger partial charge in [0.15, 0.2) is 5.96 Å². The minimum Gasteiger partial charge on any atom is -0.497 e. The highest BCUT2D eigenvalue weighted by Crippen LogP contribution is 2.12. The Kier molecular flexibility index (Phi) is 10.8. The zero-order chi connectivity index (χ0) is 16.4. The lowest BCUT2D eigenvalue weighted by atomic mass is 10.2. The molecule has 0 saturated carbocycles. The number of benzene rings is 1. The Hall–Kier alpha value is -1.77. The van der Waals surface area contributed by atoms with Crippen LogP contribution in [-0.2, 0) is 11.3 Å². The fourth-order valence-corrected chi connectivity index (χ4v) is 1.60. The number of likely N-dealkylation sites (N-methyl/N-ethyl adjacent to an activating group) is 1. The maximum Gasteiger partial charge on any atom is 0.241 e. The van der Waals surface area contributed by atoms with Crippen molar-refractivity contribution in [2.45, 2.75) is 6.54 Å². The van der Waals surface area contributed by atoms with Crippen LogP contribution in [0, 0.1) is 0 Å².